The number of nitrogens with two attached hydrogens (primary N) is 2. The fraction of sp³-hybridized carbons (Fsp3) is 0.125. The molecule has 1 aromatic rings. The van der Waals surface area contributed by atoms with Gasteiger partial charge in [0.15, 0.2) is 0 Å². The Hall–Kier alpha value is -1.90. The molecular formula is C8H9F2N3O3S. The summed E-state index contributed by atoms with van der Waals surface area (Å²) in [6.45, 7) is -3.15. The average Bonchev–Trinajstić information content (AvgIpc) is 2.15. The molecule has 94 valence electrons. The van der Waals surface area contributed by atoms with Gasteiger partial charge in [-0.05, 0) is 12.1 Å². The van der Waals surface area contributed by atoms with E-state index in [0.717, 1.165) is 12.1 Å². The summed E-state index contributed by atoms with van der Waals surface area (Å²) in [4.78, 5) is -0.534. The average molecular weight is 265 g/mol. The van der Waals surface area contributed by atoms with E-state index in [-0.39, 0.29) is 0 Å². The van der Waals surface area contributed by atoms with Gasteiger partial charge >= 0.3 is 6.61 Å². The third kappa shape index (κ3) is 3.55. The SMILES string of the molecule is NC(N)=NS(=O)(=O)c1ccccc1OC(F)F. The van der Waals surface area contributed by atoms with E-state index in [9.17, 15) is 17.2 Å². The lowest BCUT2D eigenvalue weighted by Crippen LogP contribution is -2.24. The molecule has 0 unspecified atom stereocenters. The zero-order chi connectivity index (χ0) is 13.1. The second kappa shape index (κ2) is 4.95. The zero-order valence-corrected chi connectivity index (χ0v) is 9.19. The molecule has 0 heterocycles. The van der Waals surface area contributed by atoms with Crippen LogP contribution in [0, 0.1) is 0 Å². The van der Waals surface area contributed by atoms with Crippen LogP contribution in [0.2, 0.25) is 0 Å². The Morgan fingerprint density at radius 2 is 1.88 bits per heavy atom. The van der Waals surface area contributed by atoms with Gasteiger partial charge < -0.3 is 16.2 Å². The van der Waals surface area contributed by atoms with Crippen LogP contribution >= 0.6 is 0 Å². The van der Waals surface area contributed by atoms with Crippen LogP contribution < -0.4 is 16.2 Å². The third-order valence-electron chi connectivity index (χ3n) is 1.57. The molecule has 0 aliphatic rings. The summed E-state index contributed by atoms with van der Waals surface area (Å²) in [5.74, 6) is -1.22. The zero-order valence-electron chi connectivity index (χ0n) is 8.38. The van der Waals surface area contributed by atoms with Crippen LogP contribution in [0.4, 0.5) is 8.78 Å². The molecule has 4 N–H and O–H groups in total. The number of halogens is 2. The van der Waals surface area contributed by atoms with Gasteiger partial charge in [-0.2, -0.15) is 17.2 Å². The predicted octanol–water partition coefficient (Wildman–Crippen LogP) is 0.250. The van der Waals surface area contributed by atoms with Gasteiger partial charge in [0.05, 0.1) is 0 Å². The molecule has 17 heavy (non-hydrogen) atoms. The van der Waals surface area contributed by atoms with E-state index in [2.05, 4.69) is 9.13 Å². The number of hydrogen-bond acceptors (Lipinski definition) is 3. The van der Waals surface area contributed by atoms with Crippen molar-refractivity contribution in [3.8, 4) is 5.75 Å². The minimum Gasteiger partial charge on any atom is -0.433 e. The van der Waals surface area contributed by atoms with Crippen molar-refractivity contribution in [3.05, 3.63) is 24.3 Å². The van der Waals surface area contributed by atoms with Crippen LogP contribution in [0.5, 0.6) is 5.75 Å². The first-order valence-electron chi connectivity index (χ1n) is 4.22. The van der Waals surface area contributed by atoms with Gasteiger partial charge in [0.1, 0.15) is 10.6 Å². The Bertz CT molecular complexity index is 527. The Kier molecular flexibility index (Phi) is 3.84. The van der Waals surface area contributed by atoms with Crippen molar-refractivity contribution in [1.29, 1.82) is 0 Å². The quantitative estimate of drug-likeness (QED) is 0.599. The largest absolute Gasteiger partial charge is 0.433 e. The lowest BCUT2D eigenvalue weighted by molar-refractivity contribution is -0.0517. The number of ether oxygens (including phenoxy) is 1. The van der Waals surface area contributed by atoms with E-state index in [1.54, 1.807) is 0 Å². The molecule has 0 aliphatic heterocycles. The Labute approximate surface area is 95.9 Å². The maximum absolute atomic E-state index is 12.0. The molecule has 0 aromatic heterocycles. The van der Waals surface area contributed by atoms with Crippen LogP contribution in [0.15, 0.2) is 33.6 Å². The molecule has 0 atom stereocenters. The van der Waals surface area contributed by atoms with E-state index in [0.29, 0.717) is 0 Å². The van der Waals surface area contributed by atoms with E-state index in [4.69, 9.17) is 11.5 Å². The summed E-state index contributed by atoms with van der Waals surface area (Å²) in [5.41, 5.74) is 9.85. The molecule has 1 aromatic carbocycles. The number of guanidine groups is 1. The lowest BCUT2D eigenvalue weighted by atomic mass is 10.3. The second-order valence-corrected chi connectivity index (χ2v) is 4.39. The monoisotopic (exact) mass is 265 g/mol. The van der Waals surface area contributed by atoms with E-state index in [1.165, 1.54) is 12.1 Å². The fourth-order valence-electron chi connectivity index (χ4n) is 1.04. The highest BCUT2D eigenvalue weighted by Crippen LogP contribution is 2.26. The highest BCUT2D eigenvalue weighted by Gasteiger charge is 2.20. The molecule has 6 nitrogen and oxygen atoms in total. The number of para-hydroxylation sites is 1. The standard InChI is InChI=1S/C8H9F2N3O3S/c9-7(10)16-5-3-1-2-4-6(5)17(14,15)13-8(11)12/h1-4,7H,(H4,11,12,13). The molecule has 0 amide bonds. The summed E-state index contributed by atoms with van der Waals surface area (Å²) in [7, 11) is -4.26. The third-order valence-corrected chi connectivity index (χ3v) is 2.91. The van der Waals surface area contributed by atoms with E-state index < -0.39 is 33.2 Å². The first kappa shape index (κ1) is 13.2. The minimum absolute atomic E-state index is 0.521. The second-order valence-electron chi connectivity index (χ2n) is 2.82. The van der Waals surface area contributed by atoms with Crippen LogP contribution in [-0.4, -0.2) is 21.0 Å². The van der Waals surface area contributed by atoms with Crippen LogP contribution in [0.25, 0.3) is 0 Å². The molecule has 0 saturated heterocycles. The number of nitrogens with zero attached hydrogens (tertiary/aromatic N) is 1. The van der Waals surface area contributed by atoms with Gasteiger partial charge in [0, 0.05) is 0 Å². The van der Waals surface area contributed by atoms with Crippen molar-refractivity contribution in [2.45, 2.75) is 11.5 Å². The topological polar surface area (TPSA) is 108 Å². The number of benzene rings is 1. The summed E-state index contributed by atoms with van der Waals surface area (Å²) >= 11 is 0. The van der Waals surface area contributed by atoms with Crippen LogP contribution in [0.3, 0.4) is 0 Å². The molecule has 0 radical (unpaired) electrons. The first-order chi connectivity index (χ1) is 7.83. The first-order valence-corrected chi connectivity index (χ1v) is 5.66. The van der Waals surface area contributed by atoms with Gasteiger partial charge in [0.25, 0.3) is 10.0 Å². The number of sulfonamides is 1. The molecular weight excluding hydrogens is 256 g/mol. The molecule has 9 heteroatoms. The van der Waals surface area contributed by atoms with Crippen molar-refractivity contribution in [3.63, 3.8) is 0 Å². The predicted molar refractivity (Wildman–Crippen MR) is 56.1 cm³/mol. The fourth-order valence-corrected chi connectivity index (χ4v) is 2.04. The minimum atomic E-state index is -4.26. The molecule has 0 fully saturated rings. The molecule has 0 spiro atoms. The normalized spacial score (nSPS) is 11.2. The highest BCUT2D eigenvalue weighted by molar-refractivity contribution is 7.90. The summed E-state index contributed by atoms with van der Waals surface area (Å²) in [6, 6.07) is 4.79. The van der Waals surface area contributed by atoms with E-state index in [1.807, 2.05) is 0 Å². The Balaban J connectivity index is 3.27. The lowest BCUT2D eigenvalue weighted by Gasteiger charge is -2.08. The van der Waals surface area contributed by atoms with Crippen LogP contribution in [-0.2, 0) is 10.0 Å². The van der Waals surface area contributed by atoms with Gasteiger partial charge in [-0.25, -0.2) is 0 Å². The van der Waals surface area contributed by atoms with Crippen LogP contribution in [0.1, 0.15) is 0 Å². The summed E-state index contributed by atoms with van der Waals surface area (Å²) in [6.07, 6.45) is 0. The summed E-state index contributed by atoms with van der Waals surface area (Å²) < 4.78 is 54.3. The summed E-state index contributed by atoms with van der Waals surface area (Å²) in [5, 5.41) is 0. The maximum Gasteiger partial charge on any atom is 0.387 e. The van der Waals surface area contributed by atoms with Crippen molar-refractivity contribution in [1.82, 2.24) is 0 Å². The number of rotatable bonds is 4. The van der Waals surface area contributed by atoms with Gasteiger partial charge in [-0.1, -0.05) is 12.1 Å². The molecule has 0 aliphatic carbocycles. The molecule has 1 rings (SSSR count). The Morgan fingerprint density at radius 3 is 2.41 bits per heavy atom. The Morgan fingerprint density at radius 1 is 1.29 bits per heavy atom. The van der Waals surface area contributed by atoms with Crippen molar-refractivity contribution in [2.75, 3.05) is 0 Å². The van der Waals surface area contributed by atoms with Gasteiger partial charge in [0.2, 0.25) is 5.96 Å². The number of alkyl halides is 2. The molecule has 0 saturated carbocycles. The highest BCUT2D eigenvalue weighted by atomic mass is 32.2. The van der Waals surface area contributed by atoms with Crippen molar-refractivity contribution < 1.29 is 21.9 Å². The number of hydrogen-bond donors (Lipinski definition) is 2. The maximum atomic E-state index is 12.0. The van der Waals surface area contributed by atoms with Crippen molar-refractivity contribution in [2.24, 2.45) is 15.9 Å². The van der Waals surface area contributed by atoms with E-state index >= 15 is 0 Å². The van der Waals surface area contributed by atoms with Crippen molar-refractivity contribution >= 4 is 16.0 Å². The smallest absolute Gasteiger partial charge is 0.387 e. The molecule has 0 bridgehead atoms. The van der Waals surface area contributed by atoms with Gasteiger partial charge in [-0.15, -0.1) is 4.40 Å². The van der Waals surface area contributed by atoms with Gasteiger partial charge in [-0.3, -0.25) is 0 Å².